The van der Waals surface area contributed by atoms with Crippen molar-refractivity contribution in [1.82, 2.24) is 14.8 Å². The SMILES string of the molecule is CN(N)C(=O)c1ccc(Cl)cc1F.Cn1[nH]c2cc(Cl)ccc2c1=O. The number of fused-ring (bicyclic) bond motifs is 1. The molecule has 2 aromatic carbocycles. The first-order valence-electron chi connectivity index (χ1n) is 7.02. The lowest BCUT2D eigenvalue weighted by atomic mass is 10.2. The van der Waals surface area contributed by atoms with Gasteiger partial charge in [0.05, 0.1) is 16.5 Å². The molecule has 3 aromatic rings. The zero-order chi connectivity index (χ0) is 18.7. The highest BCUT2D eigenvalue weighted by molar-refractivity contribution is 6.31. The van der Waals surface area contributed by atoms with Gasteiger partial charge in [0.1, 0.15) is 5.82 Å². The second-order valence-electron chi connectivity index (χ2n) is 5.21. The van der Waals surface area contributed by atoms with Crippen molar-refractivity contribution < 1.29 is 9.18 Å². The summed E-state index contributed by atoms with van der Waals surface area (Å²) in [6, 6.07) is 8.96. The molecule has 0 aliphatic heterocycles. The summed E-state index contributed by atoms with van der Waals surface area (Å²) in [5, 5.41) is 5.24. The van der Waals surface area contributed by atoms with Crippen LogP contribution in [0.3, 0.4) is 0 Å². The maximum Gasteiger partial charge on any atom is 0.274 e. The smallest absolute Gasteiger partial charge is 0.274 e. The number of aromatic nitrogens is 2. The third-order valence-electron chi connectivity index (χ3n) is 3.29. The number of nitrogens with zero attached hydrogens (tertiary/aromatic N) is 2. The molecule has 3 N–H and O–H groups in total. The Morgan fingerprint density at radius 1 is 1.20 bits per heavy atom. The van der Waals surface area contributed by atoms with Crippen LogP contribution in [0.5, 0.6) is 0 Å². The first kappa shape index (κ1) is 19.0. The predicted molar refractivity (Wildman–Crippen MR) is 96.2 cm³/mol. The number of halogens is 3. The Labute approximate surface area is 152 Å². The van der Waals surface area contributed by atoms with Gasteiger partial charge < -0.3 is 0 Å². The van der Waals surface area contributed by atoms with E-state index in [0.29, 0.717) is 10.4 Å². The van der Waals surface area contributed by atoms with Crippen LogP contribution in [-0.2, 0) is 7.05 Å². The number of carbonyl (C=O) groups excluding carboxylic acids is 1. The molecule has 25 heavy (non-hydrogen) atoms. The second-order valence-corrected chi connectivity index (χ2v) is 6.08. The Morgan fingerprint density at radius 3 is 2.40 bits per heavy atom. The lowest BCUT2D eigenvalue weighted by Crippen LogP contribution is -2.33. The van der Waals surface area contributed by atoms with Crippen LogP contribution in [0.2, 0.25) is 10.0 Å². The van der Waals surface area contributed by atoms with E-state index >= 15 is 0 Å². The predicted octanol–water partition coefficient (Wildman–Crippen LogP) is 2.94. The van der Waals surface area contributed by atoms with Crippen molar-refractivity contribution in [2.45, 2.75) is 0 Å². The number of aryl methyl sites for hydroxylation is 1. The molecule has 1 amide bonds. The fraction of sp³-hybridized carbons (Fsp3) is 0.125. The van der Waals surface area contributed by atoms with E-state index in [9.17, 15) is 14.0 Å². The lowest BCUT2D eigenvalue weighted by molar-refractivity contribution is 0.0790. The molecule has 0 unspecified atom stereocenters. The van der Waals surface area contributed by atoms with E-state index in [0.717, 1.165) is 16.6 Å². The van der Waals surface area contributed by atoms with Gasteiger partial charge in [0.25, 0.3) is 11.5 Å². The lowest BCUT2D eigenvalue weighted by Gasteiger charge is -2.10. The van der Waals surface area contributed by atoms with Gasteiger partial charge in [-0.05, 0) is 36.4 Å². The van der Waals surface area contributed by atoms with Gasteiger partial charge in [0.2, 0.25) is 0 Å². The van der Waals surface area contributed by atoms with Crippen molar-refractivity contribution >= 4 is 40.0 Å². The monoisotopic (exact) mass is 384 g/mol. The van der Waals surface area contributed by atoms with Gasteiger partial charge in [0.15, 0.2) is 0 Å². The van der Waals surface area contributed by atoms with Crippen LogP contribution in [0.1, 0.15) is 10.4 Å². The van der Waals surface area contributed by atoms with Crippen molar-refractivity contribution in [2.24, 2.45) is 12.9 Å². The fourth-order valence-electron chi connectivity index (χ4n) is 2.06. The van der Waals surface area contributed by atoms with Crippen LogP contribution in [0.25, 0.3) is 10.9 Å². The largest absolute Gasteiger partial charge is 0.295 e. The highest BCUT2D eigenvalue weighted by Crippen LogP contribution is 2.15. The normalized spacial score (nSPS) is 10.3. The van der Waals surface area contributed by atoms with Crippen LogP contribution in [0, 0.1) is 5.82 Å². The summed E-state index contributed by atoms with van der Waals surface area (Å²) in [5.74, 6) is 3.90. The summed E-state index contributed by atoms with van der Waals surface area (Å²) in [6.07, 6.45) is 0. The summed E-state index contributed by atoms with van der Waals surface area (Å²) in [7, 11) is 3.02. The van der Waals surface area contributed by atoms with Crippen LogP contribution in [0.15, 0.2) is 41.2 Å². The molecule has 0 bridgehead atoms. The summed E-state index contributed by atoms with van der Waals surface area (Å²) >= 11 is 11.3. The highest BCUT2D eigenvalue weighted by atomic mass is 35.5. The molecule has 9 heteroatoms. The van der Waals surface area contributed by atoms with Gasteiger partial charge in [-0.3, -0.25) is 24.4 Å². The van der Waals surface area contributed by atoms with Crippen LogP contribution >= 0.6 is 23.2 Å². The molecule has 132 valence electrons. The molecule has 0 saturated heterocycles. The van der Waals surface area contributed by atoms with Crippen LogP contribution in [-0.4, -0.2) is 27.7 Å². The number of aromatic amines is 1. The number of hydrogen-bond donors (Lipinski definition) is 2. The van der Waals surface area contributed by atoms with E-state index < -0.39 is 11.7 Å². The quantitative estimate of drug-likeness (QED) is 0.384. The molecule has 1 aromatic heterocycles. The van der Waals surface area contributed by atoms with E-state index in [4.69, 9.17) is 29.0 Å². The van der Waals surface area contributed by atoms with Crippen molar-refractivity contribution in [1.29, 1.82) is 0 Å². The molecule has 0 atom stereocenters. The molecule has 6 nitrogen and oxygen atoms in total. The topological polar surface area (TPSA) is 84.1 Å². The summed E-state index contributed by atoms with van der Waals surface area (Å²) in [4.78, 5) is 22.5. The molecule has 3 rings (SSSR count). The number of nitrogens with two attached hydrogens (primary N) is 1. The number of benzene rings is 2. The number of rotatable bonds is 1. The molecular weight excluding hydrogens is 370 g/mol. The number of carbonyl (C=O) groups is 1. The third-order valence-corrected chi connectivity index (χ3v) is 3.76. The average molecular weight is 385 g/mol. The van der Waals surface area contributed by atoms with Gasteiger partial charge in [-0.15, -0.1) is 0 Å². The zero-order valence-electron chi connectivity index (χ0n) is 13.4. The standard InChI is InChI=1S/C8H8ClFN2O.C8H7ClN2O/c1-12(11)8(13)6-3-2-5(9)4-7(6)10;1-11-8(12)6-3-2-5(9)4-7(6)10-11/h2-4H,11H2,1H3;2-4,10H,1H3. The van der Waals surface area contributed by atoms with E-state index in [2.05, 4.69) is 5.10 Å². The van der Waals surface area contributed by atoms with Gasteiger partial charge in [0, 0.05) is 24.1 Å². The van der Waals surface area contributed by atoms with E-state index in [-0.39, 0.29) is 16.1 Å². The zero-order valence-corrected chi connectivity index (χ0v) is 14.9. The molecule has 0 aliphatic carbocycles. The Morgan fingerprint density at radius 2 is 1.80 bits per heavy atom. The first-order chi connectivity index (χ1) is 11.7. The molecular formula is C16H15Cl2FN4O2. The van der Waals surface area contributed by atoms with Crippen LogP contribution in [0.4, 0.5) is 4.39 Å². The van der Waals surface area contributed by atoms with Gasteiger partial charge in [-0.1, -0.05) is 23.2 Å². The number of nitrogens with one attached hydrogen (secondary N) is 1. The molecule has 0 aliphatic rings. The van der Waals surface area contributed by atoms with E-state index in [1.54, 1.807) is 25.2 Å². The molecule has 0 radical (unpaired) electrons. The molecule has 0 spiro atoms. The second kappa shape index (κ2) is 7.69. The average Bonchev–Trinajstić information content (AvgIpc) is 2.81. The van der Waals surface area contributed by atoms with Crippen LogP contribution < -0.4 is 11.4 Å². The molecule has 1 heterocycles. The maximum absolute atomic E-state index is 13.1. The summed E-state index contributed by atoms with van der Waals surface area (Å²) in [5.41, 5.74) is 0.658. The number of H-pyrrole nitrogens is 1. The Balaban J connectivity index is 0.000000181. The molecule has 0 fully saturated rings. The Bertz CT molecular complexity index is 982. The minimum atomic E-state index is -0.671. The number of hydrogen-bond acceptors (Lipinski definition) is 3. The highest BCUT2D eigenvalue weighted by Gasteiger charge is 2.13. The Hall–Kier alpha value is -2.35. The Kier molecular flexibility index (Phi) is 5.84. The van der Waals surface area contributed by atoms with Crippen molar-refractivity contribution in [3.05, 3.63) is 68.2 Å². The third kappa shape index (κ3) is 4.39. The minimum absolute atomic E-state index is 0.0262. The molecule has 0 saturated carbocycles. The van der Waals surface area contributed by atoms with Gasteiger partial charge in [-0.2, -0.15) is 0 Å². The number of amides is 1. The maximum atomic E-state index is 13.1. The first-order valence-corrected chi connectivity index (χ1v) is 7.78. The fourth-order valence-corrected chi connectivity index (χ4v) is 2.39. The van der Waals surface area contributed by atoms with E-state index in [1.807, 2.05) is 0 Å². The summed E-state index contributed by atoms with van der Waals surface area (Å²) < 4.78 is 14.5. The van der Waals surface area contributed by atoms with E-state index in [1.165, 1.54) is 23.9 Å². The van der Waals surface area contributed by atoms with Gasteiger partial charge >= 0.3 is 0 Å². The summed E-state index contributed by atoms with van der Waals surface area (Å²) in [6.45, 7) is 0. The van der Waals surface area contributed by atoms with Crippen molar-refractivity contribution in [3.8, 4) is 0 Å². The number of hydrazine groups is 1. The van der Waals surface area contributed by atoms with Crippen molar-refractivity contribution in [2.75, 3.05) is 7.05 Å². The minimum Gasteiger partial charge on any atom is -0.295 e. The van der Waals surface area contributed by atoms with Crippen molar-refractivity contribution in [3.63, 3.8) is 0 Å². The van der Waals surface area contributed by atoms with Gasteiger partial charge in [-0.25, -0.2) is 10.2 Å².